The Kier molecular flexibility index (Phi) is 1.80. The third-order valence-electron chi connectivity index (χ3n) is 1.52. The van der Waals surface area contributed by atoms with Crippen molar-refractivity contribution in [2.24, 2.45) is 0 Å². The minimum atomic E-state index is 0.648. The van der Waals surface area contributed by atoms with Crippen molar-refractivity contribution in [2.75, 3.05) is 0 Å². The van der Waals surface area contributed by atoms with Crippen molar-refractivity contribution in [3.05, 3.63) is 22.7 Å². The van der Waals surface area contributed by atoms with E-state index in [9.17, 15) is 0 Å². The van der Waals surface area contributed by atoms with Gasteiger partial charge in [0.05, 0.1) is 4.47 Å². The molecule has 0 aliphatic heterocycles. The summed E-state index contributed by atoms with van der Waals surface area (Å²) in [5.74, 6) is 1.47. The van der Waals surface area contributed by atoms with Crippen LogP contribution >= 0.6 is 15.9 Å². The lowest BCUT2D eigenvalue weighted by Crippen LogP contribution is -1.89. The van der Waals surface area contributed by atoms with Crippen molar-refractivity contribution in [3.63, 3.8) is 0 Å². The summed E-state index contributed by atoms with van der Waals surface area (Å²) in [7, 11) is 0. The van der Waals surface area contributed by atoms with Gasteiger partial charge in [-0.3, -0.25) is 0 Å². The van der Waals surface area contributed by atoms with Gasteiger partial charge in [-0.25, -0.2) is 9.50 Å². The molecular weight excluding hydrogens is 220 g/mol. The van der Waals surface area contributed by atoms with Crippen LogP contribution in [-0.4, -0.2) is 19.6 Å². The first-order valence-corrected chi connectivity index (χ1v) is 4.45. The van der Waals surface area contributed by atoms with Gasteiger partial charge in [-0.2, -0.15) is 4.98 Å². The number of hydrogen-bond donors (Lipinski definition) is 0. The summed E-state index contributed by atoms with van der Waals surface area (Å²) in [6, 6.07) is 0. The molecule has 2 rings (SSSR count). The Morgan fingerprint density at radius 3 is 3.17 bits per heavy atom. The SMILES string of the molecule is CCc1nc2ncc(Br)cn2n1. The van der Waals surface area contributed by atoms with E-state index >= 15 is 0 Å². The largest absolute Gasteiger partial charge is 0.252 e. The van der Waals surface area contributed by atoms with E-state index in [1.54, 1.807) is 10.7 Å². The number of rotatable bonds is 1. The summed E-state index contributed by atoms with van der Waals surface area (Å²) in [4.78, 5) is 8.28. The summed E-state index contributed by atoms with van der Waals surface area (Å²) in [5.41, 5.74) is 0. The monoisotopic (exact) mass is 226 g/mol. The lowest BCUT2D eigenvalue weighted by atomic mass is 10.5. The molecule has 2 aromatic rings. The molecule has 12 heavy (non-hydrogen) atoms. The average molecular weight is 227 g/mol. The standard InChI is InChI=1S/C7H7BrN4/c1-2-6-10-7-9-3-5(8)4-12(7)11-6/h3-4H,2H2,1H3. The maximum absolute atomic E-state index is 4.21. The van der Waals surface area contributed by atoms with Gasteiger partial charge in [-0.1, -0.05) is 6.92 Å². The molecule has 0 unspecified atom stereocenters. The van der Waals surface area contributed by atoms with Crippen LogP contribution in [-0.2, 0) is 6.42 Å². The minimum Gasteiger partial charge on any atom is -0.218 e. The summed E-state index contributed by atoms with van der Waals surface area (Å²) < 4.78 is 2.57. The molecule has 0 amide bonds. The summed E-state index contributed by atoms with van der Waals surface area (Å²) in [6.07, 6.45) is 4.39. The van der Waals surface area contributed by atoms with Crippen LogP contribution in [0.3, 0.4) is 0 Å². The fourth-order valence-electron chi connectivity index (χ4n) is 0.952. The molecule has 0 aliphatic carbocycles. The predicted octanol–water partition coefficient (Wildman–Crippen LogP) is 1.45. The second kappa shape index (κ2) is 2.82. The zero-order valence-electron chi connectivity index (χ0n) is 6.53. The number of fused-ring (bicyclic) bond motifs is 1. The second-order valence-corrected chi connectivity index (χ2v) is 3.31. The Balaban J connectivity index is 2.67. The topological polar surface area (TPSA) is 43.1 Å². The van der Waals surface area contributed by atoms with E-state index in [1.165, 1.54) is 0 Å². The Morgan fingerprint density at radius 1 is 1.58 bits per heavy atom. The van der Waals surface area contributed by atoms with Crippen LogP contribution in [0.4, 0.5) is 0 Å². The smallest absolute Gasteiger partial charge is 0.218 e. The Labute approximate surface area is 77.8 Å². The maximum atomic E-state index is 4.21. The fourth-order valence-corrected chi connectivity index (χ4v) is 1.25. The Morgan fingerprint density at radius 2 is 2.42 bits per heavy atom. The van der Waals surface area contributed by atoms with Crippen molar-refractivity contribution in [3.8, 4) is 0 Å². The van der Waals surface area contributed by atoms with Gasteiger partial charge >= 0.3 is 0 Å². The third kappa shape index (κ3) is 1.20. The molecule has 0 bridgehead atoms. The van der Waals surface area contributed by atoms with E-state index in [-0.39, 0.29) is 0 Å². The summed E-state index contributed by atoms with van der Waals surface area (Å²) in [6.45, 7) is 2.02. The summed E-state index contributed by atoms with van der Waals surface area (Å²) in [5, 5.41) is 4.21. The Hall–Kier alpha value is -0.970. The molecule has 0 radical (unpaired) electrons. The highest BCUT2D eigenvalue weighted by atomic mass is 79.9. The molecule has 0 N–H and O–H groups in total. The molecule has 0 atom stereocenters. The molecule has 0 spiro atoms. The van der Waals surface area contributed by atoms with Gasteiger partial charge in [-0.05, 0) is 15.9 Å². The van der Waals surface area contributed by atoms with Crippen molar-refractivity contribution in [1.82, 2.24) is 19.6 Å². The average Bonchev–Trinajstić information content (AvgIpc) is 2.46. The molecule has 5 heteroatoms. The lowest BCUT2D eigenvalue weighted by Gasteiger charge is -1.88. The first-order chi connectivity index (χ1) is 5.79. The highest BCUT2D eigenvalue weighted by Crippen LogP contribution is 2.07. The molecule has 0 aliphatic rings. The van der Waals surface area contributed by atoms with Crippen LogP contribution in [0, 0.1) is 0 Å². The van der Waals surface area contributed by atoms with Gasteiger partial charge in [0.15, 0.2) is 5.82 Å². The highest BCUT2D eigenvalue weighted by molar-refractivity contribution is 9.10. The number of nitrogens with zero attached hydrogens (tertiary/aromatic N) is 4. The maximum Gasteiger partial charge on any atom is 0.252 e. The zero-order valence-corrected chi connectivity index (χ0v) is 8.11. The van der Waals surface area contributed by atoms with Gasteiger partial charge in [0.1, 0.15) is 0 Å². The van der Waals surface area contributed by atoms with Gasteiger partial charge < -0.3 is 0 Å². The molecule has 2 heterocycles. The van der Waals surface area contributed by atoms with E-state index in [1.807, 2.05) is 13.1 Å². The molecular formula is C7H7BrN4. The predicted molar refractivity (Wildman–Crippen MR) is 47.9 cm³/mol. The number of aromatic nitrogens is 4. The van der Waals surface area contributed by atoms with Gasteiger partial charge in [0.2, 0.25) is 0 Å². The molecule has 0 saturated heterocycles. The number of aryl methyl sites for hydroxylation is 1. The van der Waals surface area contributed by atoms with Crippen molar-refractivity contribution in [2.45, 2.75) is 13.3 Å². The van der Waals surface area contributed by atoms with Crippen LogP contribution in [0.2, 0.25) is 0 Å². The molecule has 62 valence electrons. The lowest BCUT2D eigenvalue weighted by molar-refractivity contribution is 0.876. The zero-order chi connectivity index (χ0) is 8.55. The Bertz CT molecular complexity index is 409. The third-order valence-corrected chi connectivity index (χ3v) is 1.93. The molecule has 2 aromatic heterocycles. The summed E-state index contributed by atoms with van der Waals surface area (Å²) >= 11 is 3.31. The van der Waals surface area contributed by atoms with E-state index in [0.717, 1.165) is 16.7 Å². The van der Waals surface area contributed by atoms with Gasteiger partial charge in [0.25, 0.3) is 5.78 Å². The van der Waals surface area contributed by atoms with E-state index in [0.29, 0.717) is 5.78 Å². The minimum absolute atomic E-state index is 0.648. The van der Waals surface area contributed by atoms with Crippen LogP contribution in [0.15, 0.2) is 16.9 Å². The van der Waals surface area contributed by atoms with Crippen LogP contribution in [0.25, 0.3) is 5.78 Å². The van der Waals surface area contributed by atoms with Gasteiger partial charge in [0, 0.05) is 18.8 Å². The first kappa shape index (κ1) is 7.67. The normalized spacial score (nSPS) is 10.8. The van der Waals surface area contributed by atoms with Crippen LogP contribution in [0.5, 0.6) is 0 Å². The molecule has 0 saturated carbocycles. The van der Waals surface area contributed by atoms with E-state index in [4.69, 9.17) is 0 Å². The molecule has 0 aromatic carbocycles. The first-order valence-electron chi connectivity index (χ1n) is 3.66. The quantitative estimate of drug-likeness (QED) is 0.740. The molecule has 0 fully saturated rings. The van der Waals surface area contributed by atoms with E-state index in [2.05, 4.69) is 31.0 Å². The molecule has 4 nitrogen and oxygen atoms in total. The van der Waals surface area contributed by atoms with Crippen molar-refractivity contribution in [1.29, 1.82) is 0 Å². The van der Waals surface area contributed by atoms with Crippen LogP contribution < -0.4 is 0 Å². The fraction of sp³-hybridized carbons (Fsp3) is 0.286. The van der Waals surface area contributed by atoms with E-state index < -0.39 is 0 Å². The second-order valence-electron chi connectivity index (χ2n) is 2.40. The van der Waals surface area contributed by atoms with Crippen LogP contribution in [0.1, 0.15) is 12.7 Å². The number of hydrogen-bond acceptors (Lipinski definition) is 3. The van der Waals surface area contributed by atoms with Gasteiger partial charge in [-0.15, -0.1) is 5.10 Å². The number of halogens is 1. The van der Waals surface area contributed by atoms with Crippen molar-refractivity contribution < 1.29 is 0 Å². The van der Waals surface area contributed by atoms with Crippen molar-refractivity contribution >= 4 is 21.7 Å². The highest BCUT2D eigenvalue weighted by Gasteiger charge is 2.01.